The molecule has 0 unspecified atom stereocenters. The lowest BCUT2D eigenvalue weighted by molar-refractivity contribution is -0.114. The van der Waals surface area contributed by atoms with Gasteiger partial charge in [-0.05, 0) is 43.3 Å². The third-order valence-electron chi connectivity index (χ3n) is 4.41. The van der Waals surface area contributed by atoms with Gasteiger partial charge in [0, 0.05) is 11.8 Å². The predicted molar refractivity (Wildman–Crippen MR) is 120 cm³/mol. The minimum Gasteiger partial charge on any atom is -0.497 e. The Hall–Kier alpha value is -3.52. The lowest BCUT2D eigenvalue weighted by Crippen LogP contribution is -2.38. The summed E-state index contributed by atoms with van der Waals surface area (Å²) in [6, 6.07) is 21.6. The molecule has 0 saturated carbocycles. The molecule has 3 aromatic rings. The van der Waals surface area contributed by atoms with Crippen LogP contribution in [0.1, 0.15) is 6.92 Å². The minimum atomic E-state index is -4.03. The zero-order valence-corrected chi connectivity index (χ0v) is 18.1. The number of carbonyl (C=O) groups is 1. The third kappa shape index (κ3) is 5.35. The van der Waals surface area contributed by atoms with Gasteiger partial charge in [-0.1, -0.05) is 36.4 Å². The molecular weight excluding hydrogens is 416 g/mol. The highest BCUT2D eigenvalue weighted by molar-refractivity contribution is 7.92. The Labute approximate surface area is 182 Å². The van der Waals surface area contributed by atoms with Crippen LogP contribution in [0.25, 0.3) is 0 Å². The number of sulfonamides is 1. The monoisotopic (exact) mass is 440 g/mol. The average molecular weight is 441 g/mol. The van der Waals surface area contributed by atoms with Crippen LogP contribution in [0, 0.1) is 0 Å². The molecule has 1 amide bonds. The van der Waals surface area contributed by atoms with Crippen molar-refractivity contribution in [3.63, 3.8) is 0 Å². The van der Waals surface area contributed by atoms with Gasteiger partial charge in [-0.25, -0.2) is 8.42 Å². The number of rotatable bonds is 9. The van der Waals surface area contributed by atoms with E-state index in [1.54, 1.807) is 66.7 Å². The zero-order valence-electron chi connectivity index (χ0n) is 17.3. The molecule has 162 valence electrons. The van der Waals surface area contributed by atoms with Crippen molar-refractivity contribution in [2.75, 3.05) is 29.9 Å². The normalized spacial score (nSPS) is 10.9. The van der Waals surface area contributed by atoms with Gasteiger partial charge in [0.25, 0.3) is 10.0 Å². The molecule has 0 bridgehead atoms. The van der Waals surface area contributed by atoms with Gasteiger partial charge < -0.3 is 14.8 Å². The van der Waals surface area contributed by atoms with E-state index in [0.29, 0.717) is 23.8 Å². The summed E-state index contributed by atoms with van der Waals surface area (Å²) < 4.78 is 38.7. The lowest BCUT2D eigenvalue weighted by Gasteiger charge is -2.26. The average Bonchev–Trinajstić information content (AvgIpc) is 2.79. The van der Waals surface area contributed by atoms with Crippen molar-refractivity contribution < 1.29 is 22.7 Å². The number of nitrogens with zero attached hydrogens (tertiary/aromatic N) is 1. The standard InChI is InChI=1S/C23H24N2O5S/c1-3-30-22-15-8-7-14-21(22)25(31(27,28)20-12-5-4-6-13-20)17-23(26)24-18-10-9-11-19(16-18)29-2/h4-16H,3,17H2,1-2H3,(H,24,26). The Morgan fingerprint density at radius 3 is 2.39 bits per heavy atom. The minimum absolute atomic E-state index is 0.0791. The molecule has 0 atom stereocenters. The van der Waals surface area contributed by atoms with E-state index >= 15 is 0 Å². The number of nitrogens with one attached hydrogen (secondary N) is 1. The van der Waals surface area contributed by atoms with Crippen molar-refractivity contribution in [3.8, 4) is 11.5 Å². The Bertz CT molecular complexity index is 1130. The summed E-state index contributed by atoms with van der Waals surface area (Å²) in [5.74, 6) is 0.450. The molecule has 0 fully saturated rings. The highest BCUT2D eigenvalue weighted by Crippen LogP contribution is 2.32. The smallest absolute Gasteiger partial charge is 0.264 e. The quantitative estimate of drug-likeness (QED) is 0.545. The number of hydrogen-bond donors (Lipinski definition) is 1. The fraction of sp³-hybridized carbons (Fsp3) is 0.174. The number of amides is 1. The molecule has 1 N–H and O–H groups in total. The fourth-order valence-electron chi connectivity index (χ4n) is 2.99. The molecule has 0 aromatic heterocycles. The van der Waals surface area contributed by atoms with E-state index in [1.165, 1.54) is 19.2 Å². The van der Waals surface area contributed by atoms with Gasteiger partial charge in [-0.2, -0.15) is 0 Å². The number of hydrogen-bond acceptors (Lipinski definition) is 5. The number of carbonyl (C=O) groups excluding carboxylic acids is 1. The Balaban J connectivity index is 1.97. The lowest BCUT2D eigenvalue weighted by atomic mass is 10.3. The van der Waals surface area contributed by atoms with Gasteiger partial charge in [0.2, 0.25) is 5.91 Å². The number of anilines is 2. The first-order chi connectivity index (χ1) is 15.0. The largest absolute Gasteiger partial charge is 0.497 e. The molecule has 3 rings (SSSR count). The van der Waals surface area contributed by atoms with Gasteiger partial charge in [-0.15, -0.1) is 0 Å². The van der Waals surface area contributed by atoms with Crippen LogP contribution in [0.4, 0.5) is 11.4 Å². The summed E-state index contributed by atoms with van der Waals surface area (Å²) in [6.07, 6.45) is 0. The number of benzene rings is 3. The Morgan fingerprint density at radius 1 is 0.968 bits per heavy atom. The first-order valence-electron chi connectivity index (χ1n) is 9.69. The number of methoxy groups -OCH3 is 1. The number of para-hydroxylation sites is 2. The molecule has 0 spiro atoms. The van der Waals surface area contributed by atoms with Crippen LogP contribution in [0.3, 0.4) is 0 Å². The van der Waals surface area contributed by atoms with Crippen molar-refractivity contribution >= 4 is 27.3 Å². The van der Waals surface area contributed by atoms with E-state index in [9.17, 15) is 13.2 Å². The summed E-state index contributed by atoms with van der Waals surface area (Å²) in [6.45, 7) is 1.73. The number of ether oxygens (including phenoxy) is 2. The molecule has 7 nitrogen and oxygen atoms in total. The van der Waals surface area contributed by atoms with Crippen LogP contribution in [0.2, 0.25) is 0 Å². The van der Waals surface area contributed by atoms with Crippen LogP contribution < -0.4 is 19.1 Å². The highest BCUT2D eigenvalue weighted by Gasteiger charge is 2.29. The molecule has 3 aromatic carbocycles. The second-order valence-electron chi connectivity index (χ2n) is 6.51. The van der Waals surface area contributed by atoms with Crippen LogP contribution in [0.5, 0.6) is 11.5 Å². The molecular formula is C23H24N2O5S. The summed E-state index contributed by atoms with van der Waals surface area (Å²) in [5, 5.41) is 2.73. The summed E-state index contributed by atoms with van der Waals surface area (Å²) in [4.78, 5) is 12.9. The van der Waals surface area contributed by atoms with Crippen molar-refractivity contribution in [2.45, 2.75) is 11.8 Å². The zero-order chi connectivity index (χ0) is 22.3. The topological polar surface area (TPSA) is 84.9 Å². The Kier molecular flexibility index (Phi) is 7.15. The Morgan fingerprint density at radius 2 is 1.68 bits per heavy atom. The van der Waals surface area contributed by atoms with Gasteiger partial charge >= 0.3 is 0 Å². The molecule has 0 saturated heterocycles. The molecule has 31 heavy (non-hydrogen) atoms. The summed E-state index contributed by atoms with van der Waals surface area (Å²) in [7, 11) is -2.50. The van der Waals surface area contributed by atoms with E-state index < -0.39 is 22.5 Å². The highest BCUT2D eigenvalue weighted by atomic mass is 32.2. The molecule has 0 heterocycles. The van der Waals surface area contributed by atoms with E-state index in [4.69, 9.17) is 9.47 Å². The first kappa shape index (κ1) is 22.2. The second-order valence-corrected chi connectivity index (χ2v) is 8.37. The van der Waals surface area contributed by atoms with E-state index in [0.717, 1.165) is 4.31 Å². The van der Waals surface area contributed by atoms with Gasteiger partial charge in [0.1, 0.15) is 18.0 Å². The van der Waals surface area contributed by atoms with Crippen LogP contribution in [0.15, 0.2) is 83.8 Å². The van der Waals surface area contributed by atoms with Crippen molar-refractivity contribution in [2.24, 2.45) is 0 Å². The predicted octanol–water partition coefficient (Wildman–Crippen LogP) is 3.93. The van der Waals surface area contributed by atoms with Crippen molar-refractivity contribution in [1.82, 2.24) is 0 Å². The maximum atomic E-state index is 13.4. The maximum absolute atomic E-state index is 13.4. The first-order valence-corrected chi connectivity index (χ1v) is 11.1. The van der Waals surface area contributed by atoms with Gasteiger partial charge in [0.15, 0.2) is 0 Å². The van der Waals surface area contributed by atoms with Gasteiger partial charge in [0.05, 0.1) is 24.3 Å². The van der Waals surface area contributed by atoms with Crippen LogP contribution >= 0.6 is 0 Å². The van der Waals surface area contributed by atoms with Crippen LogP contribution in [-0.2, 0) is 14.8 Å². The summed E-state index contributed by atoms with van der Waals surface area (Å²) >= 11 is 0. The van der Waals surface area contributed by atoms with Crippen molar-refractivity contribution in [1.29, 1.82) is 0 Å². The van der Waals surface area contributed by atoms with Gasteiger partial charge in [-0.3, -0.25) is 9.10 Å². The molecule has 0 aliphatic carbocycles. The fourth-order valence-corrected chi connectivity index (χ4v) is 4.44. The SMILES string of the molecule is CCOc1ccccc1N(CC(=O)Nc1cccc(OC)c1)S(=O)(=O)c1ccccc1. The molecule has 0 aliphatic heterocycles. The van der Waals surface area contributed by atoms with Crippen molar-refractivity contribution in [3.05, 3.63) is 78.9 Å². The second kappa shape index (κ2) is 9.99. The van der Waals surface area contributed by atoms with E-state index in [2.05, 4.69) is 5.32 Å². The molecule has 0 aliphatic rings. The third-order valence-corrected chi connectivity index (χ3v) is 6.18. The van der Waals surface area contributed by atoms with E-state index in [-0.39, 0.29) is 10.6 Å². The van der Waals surface area contributed by atoms with E-state index in [1.807, 2.05) is 6.92 Å². The molecule has 8 heteroatoms. The summed E-state index contributed by atoms with van der Waals surface area (Å²) in [5.41, 5.74) is 0.786. The molecule has 0 radical (unpaired) electrons. The van der Waals surface area contributed by atoms with Crippen LogP contribution in [-0.4, -0.2) is 34.6 Å². The maximum Gasteiger partial charge on any atom is 0.264 e.